The van der Waals surface area contributed by atoms with Crippen molar-refractivity contribution in [3.05, 3.63) is 11.4 Å². The Morgan fingerprint density at radius 3 is 2.42 bits per heavy atom. The highest BCUT2D eigenvalue weighted by Gasteiger charge is 2.17. The normalized spacial score (nSPS) is 17.0. The second-order valence-electron chi connectivity index (χ2n) is 5.25. The molecule has 1 fully saturated rings. The van der Waals surface area contributed by atoms with Gasteiger partial charge in [-0.05, 0) is 32.6 Å². The van der Waals surface area contributed by atoms with Crippen LogP contribution < -0.4 is 10.1 Å². The number of ether oxygens (including phenoxy) is 1. The molecule has 0 saturated heterocycles. The molecule has 0 radical (unpaired) electrons. The third-order valence-corrected chi connectivity index (χ3v) is 3.78. The predicted octanol–water partition coefficient (Wildman–Crippen LogP) is 3.49. The van der Waals surface area contributed by atoms with E-state index in [9.17, 15) is 0 Å². The lowest BCUT2D eigenvalue weighted by Gasteiger charge is -2.19. The first-order valence-electron chi connectivity index (χ1n) is 7.46. The molecule has 106 valence electrons. The molecule has 0 aromatic carbocycles. The molecule has 2 rings (SSSR count). The number of nitrogens with one attached hydrogen (secondary N) is 1. The van der Waals surface area contributed by atoms with Crippen LogP contribution in [0.25, 0.3) is 0 Å². The van der Waals surface area contributed by atoms with Gasteiger partial charge in [-0.3, -0.25) is 0 Å². The van der Waals surface area contributed by atoms with Crippen LogP contribution in [0, 0.1) is 6.92 Å². The van der Waals surface area contributed by atoms with Crippen LogP contribution in [0.15, 0.2) is 0 Å². The van der Waals surface area contributed by atoms with E-state index in [1.807, 2.05) is 14.0 Å². The lowest BCUT2D eigenvalue weighted by atomic mass is 10.1. The number of hydrogen-bond acceptors (Lipinski definition) is 4. The van der Waals surface area contributed by atoms with Gasteiger partial charge in [-0.2, -0.15) is 4.98 Å². The fraction of sp³-hybridized carbons (Fsp3) is 0.733. The number of aromatic nitrogens is 2. The first kappa shape index (κ1) is 14.1. The van der Waals surface area contributed by atoms with Crippen molar-refractivity contribution in [1.82, 2.24) is 9.97 Å². The number of nitrogens with zero attached hydrogens (tertiary/aromatic N) is 2. The molecule has 0 aliphatic heterocycles. The molecule has 1 aromatic heterocycles. The molecular weight excluding hydrogens is 238 g/mol. The molecule has 0 unspecified atom stereocenters. The fourth-order valence-electron chi connectivity index (χ4n) is 2.57. The molecule has 1 aliphatic rings. The average molecular weight is 263 g/mol. The van der Waals surface area contributed by atoms with Gasteiger partial charge in [-0.25, -0.2) is 4.98 Å². The molecule has 0 bridgehead atoms. The van der Waals surface area contributed by atoms with Gasteiger partial charge in [-0.15, -0.1) is 0 Å². The van der Waals surface area contributed by atoms with Gasteiger partial charge in [0.1, 0.15) is 17.7 Å². The Bertz CT molecular complexity index is 412. The van der Waals surface area contributed by atoms with E-state index in [4.69, 9.17) is 4.74 Å². The Morgan fingerprint density at radius 2 is 1.84 bits per heavy atom. The summed E-state index contributed by atoms with van der Waals surface area (Å²) in [4.78, 5) is 9.03. The maximum Gasteiger partial charge on any atom is 0.222 e. The smallest absolute Gasteiger partial charge is 0.222 e. The molecule has 1 saturated carbocycles. The van der Waals surface area contributed by atoms with E-state index in [-0.39, 0.29) is 0 Å². The van der Waals surface area contributed by atoms with Gasteiger partial charge in [0, 0.05) is 13.5 Å². The van der Waals surface area contributed by atoms with Gasteiger partial charge in [-0.1, -0.05) is 19.8 Å². The molecule has 1 aromatic rings. The van der Waals surface area contributed by atoms with E-state index in [0.29, 0.717) is 6.10 Å². The number of aryl methyl sites for hydroxylation is 1. The first-order valence-corrected chi connectivity index (χ1v) is 7.46. The minimum Gasteiger partial charge on any atom is -0.474 e. The lowest BCUT2D eigenvalue weighted by molar-refractivity contribution is 0.174. The third kappa shape index (κ3) is 3.58. The second-order valence-corrected chi connectivity index (χ2v) is 5.25. The molecule has 0 amide bonds. The third-order valence-electron chi connectivity index (χ3n) is 3.78. The molecule has 1 N–H and O–H groups in total. The van der Waals surface area contributed by atoms with E-state index in [2.05, 4.69) is 22.2 Å². The van der Waals surface area contributed by atoms with Crippen molar-refractivity contribution >= 4 is 5.82 Å². The number of rotatable bonds is 4. The van der Waals surface area contributed by atoms with Crippen molar-refractivity contribution in [3.63, 3.8) is 0 Å². The lowest BCUT2D eigenvalue weighted by Crippen LogP contribution is -2.18. The Balaban J connectivity index is 2.17. The van der Waals surface area contributed by atoms with E-state index >= 15 is 0 Å². The van der Waals surface area contributed by atoms with Crippen LogP contribution in [-0.2, 0) is 6.42 Å². The summed E-state index contributed by atoms with van der Waals surface area (Å²) in [5, 5.41) is 3.13. The van der Waals surface area contributed by atoms with E-state index in [0.717, 1.165) is 42.3 Å². The van der Waals surface area contributed by atoms with Gasteiger partial charge in [0.05, 0.1) is 5.56 Å². The zero-order valence-electron chi connectivity index (χ0n) is 12.3. The molecule has 1 heterocycles. The Hall–Kier alpha value is -1.32. The molecule has 0 spiro atoms. The van der Waals surface area contributed by atoms with Crippen LogP contribution in [0.1, 0.15) is 56.8 Å². The highest BCUT2D eigenvalue weighted by Crippen LogP contribution is 2.26. The van der Waals surface area contributed by atoms with Crippen molar-refractivity contribution in [2.75, 3.05) is 12.4 Å². The Morgan fingerprint density at radius 1 is 1.16 bits per heavy atom. The summed E-state index contributed by atoms with van der Waals surface area (Å²) >= 11 is 0. The average Bonchev–Trinajstić information content (AvgIpc) is 2.69. The van der Waals surface area contributed by atoms with Gasteiger partial charge in [0.15, 0.2) is 0 Å². The molecular formula is C15H25N3O. The van der Waals surface area contributed by atoms with Gasteiger partial charge >= 0.3 is 0 Å². The molecule has 19 heavy (non-hydrogen) atoms. The fourth-order valence-corrected chi connectivity index (χ4v) is 2.57. The molecule has 0 atom stereocenters. The van der Waals surface area contributed by atoms with E-state index < -0.39 is 0 Å². The number of hydrogen-bond donors (Lipinski definition) is 1. The van der Waals surface area contributed by atoms with E-state index in [1.165, 1.54) is 25.7 Å². The quantitative estimate of drug-likeness (QED) is 0.845. The molecule has 1 aliphatic carbocycles. The topological polar surface area (TPSA) is 47.0 Å². The maximum atomic E-state index is 6.16. The predicted molar refractivity (Wildman–Crippen MR) is 77.8 cm³/mol. The summed E-state index contributed by atoms with van der Waals surface area (Å²) in [6, 6.07) is 0. The maximum absolute atomic E-state index is 6.16. The second kappa shape index (κ2) is 6.73. The molecule has 4 heteroatoms. The minimum atomic E-state index is 0.325. The summed E-state index contributed by atoms with van der Waals surface area (Å²) in [5.41, 5.74) is 1.02. The van der Waals surface area contributed by atoms with Crippen LogP contribution in [0.2, 0.25) is 0 Å². The van der Waals surface area contributed by atoms with Crippen molar-refractivity contribution in [2.24, 2.45) is 0 Å². The van der Waals surface area contributed by atoms with Gasteiger partial charge < -0.3 is 10.1 Å². The Labute approximate surface area is 116 Å². The summed E-state index contributed by atoms with van der Waals surface area (Å²) in [6.07, 6.45) is 8.68. The van der Waals surface area contributed by atoms with Crippen molar-refractivity contribution < 1.29 is 4.74 Å². The highest BCUT2D eigenvalue weighted by atomic mass is 16.5. The zero-order valence-corrected chi connectivity index (χ0v) is 12.3. The van der Waals surface area contributed by atoms with Crippen LogP contribution >= 0.6 is 0 Å². The van der Waals surface area contributed by atoms with Crippen LogP contribution in [0.3, 0.4) is 0 Å². The molecule has 4 nitrogen and oxygen atoms in total. The van der Waals surface area contributed by atoms with Gasteiger partial charge in [0.25, 0.3) is 0 Å². The summed E-state index contributed by atoms with van der Waals surface area (Å²) in [7, 11) is 1.89. The first-order chi connectivity index (χ1) is 9.24. The summed E-state index contributed by atoms with van der Waals surface area (Å²) in [6.45, 7) is 4.09. The Kier molecular flexibility index (Phi) is 5.00. The number of anilines is 1. The zero-order chi connectivity index (χ0) is 13.7. The van der Waals surface area contributed by atoms with Gasteiger partial charge in [0.2, 0.25) is 5.88 Å². The SMILES string of the molecule is CCc1nc(NC)c(C)c(OC2CCCCCC2)n1. The monoisotopic (exact) mass is 263 g/mol. The standard InChI is InChI=1S/C15H25N3O/c1-4-13-17-14(16-3)11(2)15(18-13)19-12-9-7-5-6-8-10-12/h12H,4-10H2,1-3H3,(H,16,17,18). The summed E-state index contributed by atoms with van der Waals surface area (Å²) < 4.78 is 6.16. The summed E-state index contributed by atoms with van der Waals surface area (Å²) in [5.74, 6) is 2.50. The van der Waals surface area contributed by atoms with Crippen molar-refractivity contribution in [3.8, 4) is 5.88 Å². The van der Waals surface area contributed by atoms with Crippen LogP contribution in [0.4, 0.5) is 5.82 Å². The highest BCUT2D eigenvalue weighted by molar-refractivity contribution is 5.48. The van der Waals surface area contributed by atoms with Crippen LogP contribution in [0.5, 0.6) is 5.88 Å². The van der Waals surface area contributed by atoms with Crippen molar-refractivity contribution in [2.45, 2.75) is 64.9 Å². The van der Waals surface area contributed by atoms with Crippen molar-refractivity contribution in [1.29, 1.82) is 0 Å². The van der Waals surface area contributed by atoms with E-state index in [1.54, 1.807) is 0 Å². The minimum absolute atomic E-state index is 0.325. The van der Waals surface area contributed by atoms with Crippen LogP contribution in [-0.4, -0.2) is 23.1 Å². The largest absolute Gasteiger partial charge is 0.474 e.